The summed E-state index contributed by atoms with van der Waals surface area (Å²) < 4.78 is 31.1. The summed E-state index contributed by atoms with van der Waals surface area (Å²) in [7, 11) is -2.81. The first kappa shape index (κ1) is 16.2. The Morgan fingerprint density at radius 2 is 2.18 bits per heavy atom. The second-order valence-corrected chi connectivity index (χ2v) is 6.69. The zero-order chi connectivity index (χ0) is 16.5. The molecule has 0 bridgehead atoms. The Kier molecular flexibility index (Phi) is 4.33. The van der Waals surface area contributed by atoms with E-state index < -0.39 is 26.8 Å². The Morgan fingerprint density at radius 1 is 1.50 bits per heavy atom. The number of nitro benzene ring substituents is 1. The van der Waals surface area contributed by atoms with Crippen LogP contribution in [0.4, 0.5) is 5.69 Å². The van der Waals surface area contributed by atoms with E-state index in [-0.39, 0.29) is 35.8 Å². The zero-order valence-corrected chi connectivity index (χ0v) is 12.4. The van der Waals surface area contributed by atoms with Crippen LogP contribution in [0.3, 0.4) is 0 Å². The Bertz CT molecular complexity index is 716. The van der Waals surface area contributed by atoms with Gasteiger partial charge in [-0.1, -0.05) is 0 Å². The number of non-ortho nitro benzene ring substituents is 1. The number of nitrogens with zero attached hydrogens (tertiary/aromatic N) is 2. The lowest BCUT2D eigenvalue weighted by molar-refractivity contribution is -0.385. The van der Waals surface area contributed by atoms with Crippen LogP contribution in [0.1, 0.15) is 6.42 Å². The van der Waals surface area contributed by atoms with Gasteiger partial charge in [0.2, 0.25) is 10.0 Å². The molecule has 0 radical (unpaired) electrons. The van der Waals surface area contributed by atoms with Crippen molar-refractivity contribution in [3.63, 3.8) is 0 Å². The third kappa shape index (κ3) is 2.88. The first-order chi connectivity index (χ1) is 10.3. The van der Waals surface area contributed by atoms with Crippen molar-refractivity contribution in [2.45, 2.75) is 11.3 Å². The third-order valence-electron chi connectivity index (χ3n) is 3.48. The monoisotopic (exact) mass is 330 g/mol. The molecule has 120 valence electrons. The lowest BCUT2D eigenvalue weighted by Gasteiger charge is -2.17. The van der Waals surface area contributed by atoms with Crippen LogP contribution < -0.4 is 4.74 Å². The molecule has 1 aromatic rings. The molecular weight excluding hydrogens is 316 g/mol. The number of rotatable bonds is 5. The van der Waals surface area contributed by atoms with Gasteiger partial charge in [-0.05, 0) is 12.5 Å². The number of ether oxygens (including phenoxy) is 1. The lowest BCUT2D eigenvalue weighted by atomic mass is 10.1. The number of carbonyl (C=O) groups is 1. The second-order valence-electron chi connectivity index (χ2n) is 4.78. The smallest absolute Gasteiger partial charge is 0.307 e. The predicted octanol–water partition coefficient (Wildman–Crippen LogP) is 0.699. The number of hydrogen-bond donors (Lipinski definition) is 1. The largest absolute Gasteiger partial charge is 0.495 e. The van der Waals surface area contributed by atoms with E-state index in [4.69, 9.17) is 9.84 Å². The first-order valence-electron chi connectivity index (χ1n) is 6.32. The number of benzene rings is 1. The summed E-state index contributed by atoms with van der Waals surface area (Å²) in [6.45, 7) is -0.116. The van der Waals surface area contributed by atoms with Crippen molar-refractivity contribution in [2.24, 2.45) is 5.92 Å². The number of methoxy groups -OCH3 is 1. The summed E-state index contributed by atoms with van der Waals surface area (Å²) in [5, 5.41) is 19.8. The summed E-state index contributed by atoms with van der Waals surface area (Å²) in [4.78, 5) is 20.7. The van der Waals surface area contributed by atoms with Gasteiger partial charge < -0.3 is 9.84 Å². The molecule has 1 N–H and O–H groups in total. The highest BCUT2D eigenvalue weighted by Gasteiger charge is 2.37. The van der Waals surface area contributed by atoms with Crippen molar-refractivity contribution < 1.29 is 28.0 Å². The number of carboxylic acids is 1. The Morgan fingerprint density at radius 3 is 2.68 bits per heavy atom. The molecule has 1 unspecified atom stereocenters. The molecule has 0 amide bonds. The van der Waals surface area contributed by atoms with Gasteiger partial charge in [0.05, 0.1) is 18.0 Å². The molecule has 22 heavy (non-hydrogen) atoms. The topological polar surface area (TPSA) is 127 Å². The Balaban J connectivity index is 2.43. The zero-order valence-electron chi connectivity index (χ0n) is 11.6. The van der Waals surface area contributed by atoms with Gasteiger partial charge in [-0.15, -0.1) is 0 Å². The number of hydrogen-bond acceptors (Lipinski definition) is 6. The summed E-state index contributed by atoms with van der Waals surface area (Å²) in [6.07, 6.45) is 0.200. The van der Waals surface area contributed by atoms with Crippen LogP contribution >= 0.6 is 0 Å². The van der Waals surface area contributed by atoms with E-state index in [9.17, 15) is 23.3 Å². The molecule has 0 aliphatic carbocycles. The molecule has 1 aromatic carbocycles. The quantitative estimate of drug-likeness (QED) is 0.621. The minimum Gasteiger partial charge on any atom is -0.495 e. The summed E-state index contributed by atoms with van der Waals surface area (Å²) >= 11 is 0. The van der Waals surface area contributed by atoms with Crippen LogP contribution in [-0.4, -0.2) is 48.9 Å². The fourth-order valence-electron chi connectivity index (χ4n) is 2.27. The SMILES string of the molecule is COc1ccc([N+](=O)[O-])cc1S(=O)(=O)N1CCC(C(=O)O)C1. The van der Waals surface area contributed by atoms with Crippen LogP contribution in [0.5, 0.6) is 5.75 Å². The molecule has 10 heteroatoms. The minimum atomic E-state index is -4.06. The normalized spacial score (nSPS) is 19.0. The van der Waals surface area contributed by atoms with E-state index in [0.717, 1.165) is 16.4 Å². The molecule has 1 saturated heterocycles. The van der Waals surface area contributed by atoms with Crippen molar-refractivity contribution in [3.8, 4) is 5.75 Å². The van der Waals surface area contributed by atoms with Gasteiger partial charge in [0.15, 0.2) is 0 Å². The summed E-state index contributed by atoms with van der Waals surface area (Å²) in [6, 6.07) is 3.26. The molecule has 1 aliphatic heterocycles. The van der Waals surface area contributed by atoms with Crippen LogP contribution in [0.25, 0.3) is 0 Å². The highest BCUT2D eigenvalue weighted by atomic mass is 32.2. The van der Waals surface area contributed by atoms with E-state index >= 15 is 0 Å². The predicted molar refractivity (Wildman–Crippen MR) is 74.2 cm³/mol. The van der Waals surface area contributed by atoms with Crippen LogP contribution in [0.2, 0.25) is 0 Å². The maximum Gasteiger partial charge on any atom is 0.307 e. The Labute approximate surface area is 126 Å². The van der Waals surface area contributed by atoms with Crippen molar-refractivity contribution in [3.05, 3.63) is 28.3 Å². The van der Waals surface area contributed by atoms with Gasteiger partial charge in [0.1, 0.15) is 10.6 Å². The van der Waals surface area contributed by atoms with Gasteiger partial charge in [-0.2, -0.15) is 4.31 Å². The van der Waals surface area contributed by atoms with Gasteiger partial charge >= 0.3 is 5.97 Å². The number of carboxylic acid groups (broad SMARTS) is 1. The molecule has 0 aromatic heterocycles. The minimum absolute atomic E-state index is 0.0237. The van der Waals surface area contributed by atoms with Crippen LogP contribution in [0, 0.1) is 16.0 Å². The van der Waals surface area contributed by atoms with E-state index in [0.29, 0.717) is 0 Å². The van der Waals surface area contributed by atoms with Crippen molar-refractivity contribution >= 4 is 21.7 Å². The molecule has 9 nitrogen and oxygen atoms in total. The average molecular weight is 330 g/mol. The summed E-state index contributed by atoms with van der Waals surface area (Å²) in [5.41, 5.74) is -0.381. The number of sulfonamides is 1. The average Bonchev–Trinajstić information content (AvgIpc) is 2.97. The van der Waals surface area contributed by atoms with E-state index in [1.54, 1.807) is 0 Å². The van der Waals surface area contributed by atoms with Gasteiger partial charge in [-0.3, -0.25) is 14.9 Å². The molecule has 2 rings (SSSR count). The second kappa shape index (κ2) is 5.89. The van der Waals surface area contributed by atoms with Gasteiger partial charge in [-0.25, -0.2) is 8.42 Å². The van der Waals surface area contributed by atoms with E-state index in [1.807, 2.05) is 0 Å². The fourth-order valence-corrected chi connectivity index (χ4v) is 3.94. The highest BCUT2D eigenvalue weighted by molar-refractivity contribution is 7.89. The molecular formula is C12H14N2O7S. The first-order valence-corrected chi connectivity index (χ1v) is 7.76. The molecule has 0 saturated carbocycles. The fraction of sp³-hybridized carbons (Fsp3) is 0.417. The van der Waals surface area contributed by atoms with Gasteiger partial charge in [0, 0.05) is 25.2 Å². The van der Waals surface area contributed by atoms with E-state index in [2.05, 4.69) is 0 Å². The lowest BCUT2D eigenvalue weighted by Crippen LogP contribution is -2.30. The summed E-state index contributed by atoms with van der Waals surface area (Å²) in [5.74, 6) is -1.87. The third-order valence-corrected chi connectivity index (χ3v) is 5.36. The molecule has 1 atom stereocenters. The standard InChI is InChI=1S/C12H14N2O7S/c1-21-10-3-2-9(14(17)18)6-11(10)22(19,20)13-5-4-8(7-13)12(15)16/h2-3,6,8H,4-5,7H2,1H3,(H,15,16). The van der Waals surface area contributed by atoms with Crippen molar-refractivity contribution in [2.75, 3.05) is 20.2 Å². The molecule has 1 fully saturated rings. The van der Waals surface area contributed by atoms with Crippen LogP contribution in [0.15, 0.2) is 23.1 Å². The maximum atomic E-state index is 12.6. The highest BCUT2D eigenvalue weighted by Crippen LogP contribution is 2.32. The Hall–Kier alpha value is -2.20. The maximum absolute atomic E-state index is 12.6. The molecule has 0 spiro atoms. The van der Waals surface area contributed by atoms with Crippen molar-refractivity contribution in [1.29, 1.82) is 0 Å². The number of nitro groups is 1. The molecule has 1 heterocycles. The number of aliphatic carboxylic acids is 1. The molecule has 1 aliphatic rings. The van der Waals surface area contributed by atoms with Gasteiger partial charge in [0.25, 0.3) is 5.69 Å². The van der Waals surface area contributed by atoms with Crippen molar-refractivity contribution in [1.82, 2.24) is 4.31 Å². The van der Waals surface area contributed by atoms with Crippen LogP contribution in [-0.2, 0) is 14.8 Å². The van der Waals surface area contributed by atoms with E-state index in [1.165, 1.54) is 13.2 Å².